The Balaban J connectivity index is 1.90. The van der Waals surface area contributed by atoms with E-state index in [4.69, 9.17) is 10.6 Å². The third kappa shape index (κ3) is 3.06. The third-order valence-electron chi connectivity index (χ3n) is 2.44. The maximum atomic E-state index is 5.53. The van der Waals surface area contributed by atoms with Gasteiger partial charge in [0.1, 0.15) is 11.6 Å². The molecular weight excluding hydrogens is 192 g/mol. The summed E-state index contributed by atoms with van der Waals surface area (Å²) in [6.07, 6.45) is 3.82. The molecule has 0 spiro atoms. The van der Waals surface area contributed by atoms with Crippen molar-refractivity contribution >= 4 is 5.82 Å². The number of nitrogens with zero attached hydrogens (tertiary/aromatic N) is 2. The lowest BCUT2D eigenvalue weighted by molar-refractivity contribution is 0.290. The van der Waals surface area contributed by atoms with Gasteiger partial charge in [-0.15, -0.1) is 0 Å². The summed E-state index contributed by atoms with van der Waals surface area (Å²) >= 11 is 0. The molecule has 5 nitrogen and oxygen atoms in total. The van der Waals surface area contributed by atoms with Crippen LogP contribution in [0, 0.1) is 12.8 Å². The standard InChI is InChI=1S/C10H16N4O/c1-7-12-9(14-11)6-10(13-7)15-5-4-8-2-3-8/h6,8H,2-5,11H2,1H3,(H,12,13,14). The minimum absolute atomic E-state index is 0.587. The van der Waals surface area contributed by atoms with Crippen molar-refractivity contribution < 1.29 is 4.74 Å². The van der Waals surface area contributed by atoms with E-state index in [1.165, 1.54) is 12.8 Å². The summed E-state index contributed by atoms with van der Waals surface area (Å²) in [5.41, 5.74) is 2.49. The van der Waals surface area contributed by atoms with E-state index < -0.39 is 0 Å². The molecule has 1 aromatic heterocycles. The van der Waals surface area contributed by atoms with E-state index in [1.54, 1.807) is 6.07 Å². The Morgan fingerprint density at radius 1 is 1.53 bits per heavy atom. The summed E-state index contributed by atoms with van der Waals surface area (Å²) in [6, 6.07) is 1.71. The first-order chi connectivity index (χ1) is 7.28. The van der Waals surface area contributed by atoms with Gasteiger partial charge in [0.05, 0.1) is 6.61 Å². The molecule has 1 saturated carbocycles. The number of aryl methyl sites for hydroxylation is 1. The summed E-state index contributed by atoms with van der Waals surface area (Å²) in [7, 11) is 0. The maximum Gasteiger partial charge on any atom is 0.218 e. The van der Waals surface area contributed by atoms with Crippen LogP contribution in [0.5, 0.6) is 5.88 Å². The molecular formula is C10H16N4O. The summed E-state index contributed by atoms with van der Waals surface area (Å²) in [4.78, 5) is 8.25. The van der Waals surface area contributed by atoms with Crippen LogP contribution in [0.15, 0.2) is 6.07 Å². The van der Waals surface area contributed by atoms with Crippen molar-refractivity contribution in [2.75, 3.05) is 12.0 Å². The number of hydrazine groups is 1. The Morgan fingerprint density at radius 2 is 2.33 bits per heavy atom. The Kier molecular flexibility index (Phi) is 3.01. The lowest BCUT2D eigenvalue weighted by Gasteiger charge is -2.07. The van der Waals surface area contributed by atoms with E-state index in [-0.39, 0.29) is 0 Å². The van der Waals surface area contributed by atoms with Crippen molar-refractivity contribution in [3.63, 3.8) is 0 Å². The molecule has 0 aromatic carbocycles. The predicted molar refractivity (Wildman–Crippen MR) is 57.4 cm³/mol. The fourth-order valence-corrected chi connectivity index (χ4v) is 1.42. The second-order valence-electron chi connectivity index (χ2n) is 3.86. The van der Waals surface area contributed by atoms with E-state index in [0.29, 0.717) is 17.5 Å². The molecule has 0 bridgehead atoms. The van der Waals surface area contributed by atoms with Gasteiger partial charge in [-0.1, -0.05) is 12.8 Å². The predicted octanol–water partition coefficient (Wildman–Crippen LogP) is 1.25. The van der Waals surface area contributed by atoms with Crippen LogP contribution in [0.1, 0.15) is 25.1 Å². The first kappa shape index (κ1) is 10.2. The van der Waals surface area contributed by atoms with Crippen LogP contribution in [0.25, 0.3) is 0 Å². The topological polar surface area (TPSA) is 73.1 Å². The van der Waals surface area contributed by atoms with E-state index in [1.807, 2.05) is 6.92 Å². The van der Waals surface area contributed by atoms with Crippen molar-refractivity contribution in [1.82, 2.24) is 9.97 Å². The molecule has 1 heterocycles. The van der Waals surface area contributed by atoms with Gasteiger partial charge in [0.25, 0.3) is 0 Å². The van der Waals surface area contributed by atoms with Crippen molar-refractivity contribution in [2.45, 2.75) is 26.2 Å². The lowest BCUT2D eigenvalue weighted by Crippen LogP contribution is -2.10. The molecule has 1 aromatic rings. The van der Waals surface area contributed by atoms with Crippen LogP contribution < -0.4 is 16.0 Å². The average Bonchev–Trinajstić information content (AvgIpc) is 3.01. The van der Waals surface area contributed by atoms with Gasteiger partial charge in [0.15, 0.2) is 0 Å². The zero-order chi connectivity index (χ0) is 10.7. The van der Waals surface area contributed by atoms with E-state index in [2.05, 4.69) is 15.4 Å². The highest BCUT2D eigenvalue weighted by molar-refractivity contribution is 5.36. The summed E-state index contributed by atoms with van der Waals surface area (Å²) in [6.45, 7) is 2.54. The van der Waals surface area contributed by atoms with Crippen LogP contribution >= 0.6 is 0 Å². The molecule has 0 aliphatic heterocycles. The summed E-state index contributed by atoms with van der Waals surface area (Å²) < 4.78 is 5.53. The van der Waals surface area contributed by atoms with Crippen molar-refractivity contribution in [3.8, 4) is 5.88 Å². The second-order valence-corrected chi connectivity index (χ2v) is 3.86. The normalized spacial score (nSPS) is 15.1. The monoisotopic (exact) mass is 208 g/mol. The molecule has 0 atom stereocenters. The van der Waals surface area contributed by atoms with Crippen LogP contribution in [0.3, 0.4) is 0 Å². The average molecular weight is 208 g/mol. The largest absolute Gasteiger partial charge is 0.478 e. The second kappa shape index (κ2) is 4.44. The molecule has 0 saturated heterocycles. The Morgan fingerprint density at radius 3 is 3.00 bits per heavy atom. The molecule has 15 heavy (non-hydrogen) atoms. The molecule has 3 N–H and O–H groups in total. The van der Waals surface area contributed by atoms with Gasteiger partial charge >= 0.3 is 0 Å². The lowest BCUT2D eigenvalue weighted by atomic mass is 10.3. The number of hydrogen-bond donors (Lipinski definition) is 2. The number of nitrogens with one attached hydrogen (secondary N) is 1. The summed E-state index contributed by atoms with van der Waals surface area (Å²) in [5.74, 6) is 7.99. The molecule has 0 unspecified atom stereocenters. The maximum absolute atomic E-state index is 5.53. The van der Waals surface area contributed by atoms with E-state index >= 15 is 0 Å². The van der Waals surface area contributed by atoms with Gasteiger partial charge in [-0.2, -0.15) is 4.98 Å². The van der Waals surface area contributed by atoms with Crippen molar-refractivity contribution in [2.24, 2.45) is 11.8 Å². The minimum Gasteiger partial charge on any atom is -0.478 e. The minimum atomic E-state index is 0.587. The number of ether oxygens (including phenoxy) is 1. The molecule has 0 radical (unpaired) electrons. The van der Waals surface area contributed by atoms with Gasteiger partial charge < -0.3 is 10.2 Å². The molecule has 0 amide bonds. The molecule has 2 rings (SSSR count). The SMILES string of the molecule is Cc1nc(NN)cc(OCCC2CC2)n1. The number of aromatic nitrogens is 2. The number of hydrogen-bond acceptors (Lipinski definition) is 5. The third-order valence-corrected chi connectivity index (χ3v) is 2.44. The smallest absolute Gasteiger partial charge is 0.218 e. The number of rotatable bonds is 5. The molecule has 5 heteroatoms. The van der Waals surface area contributed by atoms with Crippen molar-refractivity contribution in [1.29, 1.82) is 0 Å². The van der Waals surface area contributed by atoms with Crippen LogP contribution in [0.4, 0.5) is 5.82 Å². The van der Waals surface area contributed by atoms with Gasteiger partial charge in [0, 0.05) is 6.07 Å². The number of anilines is 1. The molecule has 1 aliphatic carbocycles. The van der Waals surface area contributed by atoms with Crippen LogP contribution in [-0.4, -0.2) is 16.6 Å². The highest BCUT2D eigenvalue weighted by Gasteiger charge is 2.20. The molecule has 1 fully saturated rings. The first-order valence-corrected chi connectivity index (χ1v) is 5.23. The highest BCUT2D eigenvalue weighted by Crippen LogP contribution is 2.32. The Hall–Kier alpha value is -1.36. The van der Waals surface area contributed by atoms with Gasteiger partial charge in [-0.25, -0.2) is 10.8 Å². The van der Waals surface area contributed by atoms with Gasteiger partial charge in [0.2, 0.25) is 5.88 Å². The Labute approximate surface area is 89.0 Å². The van der Waals surface area contributed by atoms with Gasteiger partial charge in [-0.05, 0) is 19.3 Å². The van der Waals surface area contributed by atoms with Crippen molar-refractivity contribution in [3.05, 3.63) is 11.9 Å². The number of nitrogen functional groups attached to an aromatic ring is 1. The van der Waals surface area contributed by atoms with Crippen LogP contribution in [-0.2, 0) is 0 Å². The Bertz CT molecular complexity index is 338. The zero-order valence-electron chi connectivity index (χ0n) is 8.86. The highest BCUT2D eigenvalue weighted by atomic mass is 16.5. The van der Waals surface area contributed by atoms with E-state index in [9.17, 15) is 0 Å². The fourth-order valence-electron chi connectivity index (χ4n) is 1.42. The zero-order valence-corrected chi connectivity index (χ0v) is 8.86. The number of nitrogens with two attached hydrogens (primary N) is 1. The van der Waals surface area contributed by atoms with Crippen LogP contribution in [0.2, 0.25) is 0 Å². The first-order valence-electron chi connectivity index (χ1n) is 5.23. The quantitative estimate of drug-likeness (QED) is 0.562. The summed E-state index contributed by atoms with van der Waals surface area (Å²) in [5, 5.41) is 0. The van der Waals surface area contributed by atoms with Gasteiger partial charge in [-0.3, -0.25) is 0 Å². The molecule has 82 valence electrons. The molecule has 1 aliphatic rings. The van der Waals surface area contributed by atoms with E-state index in [0.717, 1.165) is 18.9 Å². The fraction of sp³-hybridized carbons (Fsp3) is 0.600.